The monoisotopic (exact) mass is 272 g/mol. The molecule has 0 amide bonds. The van der Waals surface area contributed by atoms with Crippen molar-refractivity contribution in [3.63, 3.8) is 0 Å². The van der Waals surface area contributed by atoms with Crippen LogP contribution in [0.1, 0.15) is 47.5 Å². The number of hydrogen-bond acceptors (Lipinski definition) is 2. The molecule has 0 saturated carbocycles. The van der Waals surface area contributed by atoms with Gasteiger partial charge in [-0.15, -0.1) is 0 Å². The molecule has 0 saturated heterocycles. The Kier molecular flexibility index (Phi) is 7.48. The van der Waals surface area contributed by atoms with Crippen LogP contribution in [0.3, 0.4) is 0 Å². The minimum Gasteiger partial charge on any atom is -0.478 e. The molecule has 0 aromatic heterocycles. The number of carboxylic acids is 1. The van der Waals surface area contributed by atoms with Crippen LogP contribution < -0.4 is 0 Å². The predicted octanol–water partition coefficient (Wildman–Crippen LogP) is 4.21. The zero-order chi connectivity index (χ0) is 14.2. The maximum Gasteiger partial charge on any atom is 0.328 e. The SMILES string of the molecule is CCC(/C=C/C(=O)O)(CC)O[Si](CC)(CC)CC. The predicted molar refractivity (Wildman–Crippen MR) is 78.4 cm³/mol. The maximum atomic E-state index is 10.7. The molecular weight excluding hydrogens is 244 g/mol. The van der Waals surface area contributed by atoms with E-state index in [2.05, 4.69) is 34.6 Å². The lowest BCUT2D eigenvalue weighted by molar-refractivity contribution is -0.131. The Hall–Kier alpha value is -0.613. The third-order valence-corrected chi connectivity index (χ3v) is 8.78. The van der Waals surface area contributed by atoms with Crippen LogP contribution in [0.25, 0.3) is 0 Å². The highest BCUT2D eigenvalue weighted by molar-refractivity contribution is 6.73. The fraction of sp³-hybridized carbons (Fsp3) is 0.786. The molecule has 0 heterocycles. The van der Waals surface area contributed by atoms with E-state index in [4.69, 9.17) is 9.53 Å². The molecule has 0 aliphatic rings. The first-order valence-electron chi connectivity index (χ1n) is 7.05. The molecule has 0 rings (SSSR count). The molecule has 4 heteroatoms. The van der Waals surface area contributed by atoms with Gasteiger partial charge in [0.25, 0.3) is 0 Å². The van der Waals surface area contributed by atoms with E-state index in [1.165, 1.54) is 6.08 Å². The lowest BCUT2D eigenvalue weighted by Gasteiger charge is -2.40. The number of rotatable bonds is 9. The summed E-state index contributed by atoms with van der Waals surface area (Å²) in [5.74, 6) is -0.901. The van der Waals surface area contributed by atoms with Gasteiger partial charge in [0.1, 0.15) is 0 Å². The van der Waals surface area contributed by atoms with Gasteiger partial charge in [-0.2, -0.15) is 0 Å². The van der Waals surface area contributed by atoms with Gasteiger partial charge in [-0.05, 0) is 37.0 Å². The summed E-state index contributed by atoms with van der Waals surface area (Å²) in [6.45, 7) is 10.7. The number of hydrogen-bond donors (Lipinski definition) is 1. The lowest BCUT2D eigenvalue weighted by Crippen LogP contribution is -2.46. The van der Waals surface area contributed by atoms with Crippen molar-refractivity contribution in [2.75, 3.05) is 0 Å². The minimum absolute atomic E-state index is 0.396. The average Bonchev–Trinajstić information content (AvgIpc) is 2.40. The van der Waals surface area contributed by atoms with E-state index in [9.17, 15) is 4.79 Å². The number of carbonyl (C=O) groups is 1. The van der Waals surface area contributed by atoms with Crippen molar-refractivity contribution in [3.8, 4) is 0 Å². The summed E-state index contributed by atoms with van der Waals surface area (Å²) in [4.78, 5) is 10.7. The molecule has 0 fully saturated rings. The van der Waals surface area contributed by atoms with Gasteiger partial charge < -0.3 is 9.53 Å². The molecule has 0 aromatic carbocycles. The zero-order valence-electron chi connectivity index (χ0n) is 12.5. The Morgan fingerprint density at radius 3 is 1.83 bits per heavy atom. The van der Waals surface area contributed by atoms with Gasteiger partial charge in [-0.25, -0.2) is 4.79 Å². The molecule has 3 nitrogen and oxygen atoms in total. The summed E-state index contributed by atoms with van der Waals surface area (Å²) < 4.78 is 6.51. The Morgan fingerprint density at radius 2 is 1.56 bits per heavy atom. The highest BCUT2D eigenvalue weighted by atomic mass is 28.4. The molecule has 106 valence electrons. The number of carboxylic acid groups (broad SMARTS) is 1. The first-order valence-corrected chi connectivity index (χ1v) is 9.58. The van der Waals surface area contributed by atoms with Gasteiger partial charge in [0.15, 0.2) is 8.32 Å². The molecule has 0 atom stereocenters. The molecule has 0 spiro atoms. The molecule has 0 aromatic rings. The van der Waals surface area contributed by atoms with Gasteiger partial charge in [-0.1, -0.05) is 34.6 Å². The second kappa shape index (κ2) is 7.74. The zero-order valence-corrected chi connectivity index (χ0v) is 13.5. The first-order chi connectivity index (χ1) is 8.43. The average molecular weight is 272 g/mol. The number of aliphatic carboxylic acids is 1. The van der Waals surface area contributed by atoms with Crippen LogP contribution in [0.15, 0.2) is 12.2 Å². The van der Waals surface area contributed by atoms with Crippen LogP contribution in [0.2, 0.25) is 18.1 Å². The lowest BCUT2D eigenvalue weighted by atomic mass is 9.97. The van der Waals surface area contributed by atoms with Crippen LogP contribution in [0.4, 0.5) is 0 Å². The summed E-state index contributed by atoms with van der Waals surface area (Å²) in [5, 5.41) is 8.81. The third kappa shape index (κ3) is 4.57. The molecule has 0 bridgehead atoms. The first kappa shape index (κ1) is 17.4. The fourth-order valence-corrected chi connectivity index (χ4v) is 5.44. The van der Waals surface area contributed by atoms with Crippen LogP contribution in [-0.2, 0) is 9.22 Å². The van der Waals surface area contributed by atoms with E-state index < -0.39 is 19.9 Å². The van der Waals surface area contributed by atoms with Crippen molar-refractivity contribution in [2.24, 2.45) is 0 Å². The van der Waals surface area contributed by atoms with Crippen molar-refractivity contribution in [2.45, 2.75) is 71.2 Å². The standard InChI is InChI=1S/C14H28O3Si/c1-6-14(7-2,12-11-13(15)16)17-18(8-3,9-4)10-5/h11-12H,6-10H2,1-5H3,(H,15,16)/b12-11+. The fourth-order valence-electron chi connectivity index (χ4n) is 2.28. The molecule has 18 heavy (non-hydrogen) atoms. The van der Waals surface area contributed by atoms with E-state index in [-0.39, 0.29) is 0 Å². The van der Waals surface area contributed by atoms with E-state index in [0.717, 1.165) is 31.0 Å². The summed E-state index contributed by atoms with van der Waals surface area (Å²) in [6.07, 6.45) is 4.62. The Bertz CT molecular complexity index is 270. The van der Waals surface area contributed by atoms with Crippen molar-refractivity contribution < 1.29 is 14.3 Å². The molecular formula is C14H28O3Si. The third-order valence-electron chi connectivity index (χ3n) is 4.08. The van der Waals surface area contributed by atoms with Crippen LogP contribution in [-0.4, -0.2) is 25.0 Å². The molecule has 0 radical (unpaired) electrons. The smallest absolute Gasteiger partial charge is 0.328 e. The second-order valence-electron chi connectivity index (χ2n) is 4.79. The Balaban J connectivity index is 5.16. The highest BCUT2D eigenvalue weighted by Crippen LogP contribution is 2.32. The summed E-state index contributed by atoms with van der Waals surface area (Å²) >= 11 is 0. The van der Waals surface area contributed by atoms with Gasteiger partial charge in [-0.3, -0.25) is 0 Å². The van der Waals surface area contributed by atoms with Gasteiger partial charge in [0.2, 0.25) is 0 Å². The van der Waals surface area contributed by atoms with E-state index >= 15 is 0 Å². The molecule has 1 N–H and O–H groups in total. The maximum absolute atomic E-state index is 10.7. The molecule has 0 aliphatic carbocycles. The van der Waals surface area contributed by atoms with Crippen LogP contribution in [0.5, 0.6) is 0 Å². The Morgan fingerprint density at radius 1 is 1.11 bits per heavy atom. The normalized spacial score (nSPS) is 13.2. The summed E-state index contributed by atoms with van der Waals surface area (Å²) in [6, 6.07) is 3.26. The topological polar surface area (TPSA) is 46.5 Å². The van der Waals surface area contributed by atoms with Crippen molar-refractivity contribution in [1.29, 1.82) is 0 Å². The van der Waals surface area contributed by atoms with Crippen molar-refractivity contribution in [1.82, 2.24) is 0 Å². The van der Waals surface area contributed by atoms with Crippen LogP contribution in [0, 0.1) is 0 Å². The van der Waals surface area contributed by atoms with E-state index in [1.807, 2.05) is 0 Å². The van der Waals surface area contributed by atoms with Gasteiger partial charge in [0, 0.05) is 6.08 Å². The summed E-state index contributed by atoms with van der Waals surface area (Å²) in [5.41, 5.74) is -0.396. The minimum atomic E-state index is -1.71. The summed E-state index contributed by atoms with van der Waals surface area (Å²) in [7, 11) is -1.71. The largest absolute Gasteiger partial charge is 0.478 e. The van der Waals surface area contributed by atoms with Gasteiger partial charge >= 0.3 is 5.97 Å². The Labute approximate surface area is 112 Å². The molecule has 0 aliphatic heterocycles. The van der Waals surface area contributed by atoms with Crippen molar-refractivity contribution >= 4 is 14.3 Å². The van der Waals surface area contributed by atoms with Gasteiger partial charge in [0.05, 0.1) is 5.60 Å². The highest BCUT2D eigenvalue weighted by Gasteiger charge is 2.37. The van der Waals surface area contributed by atoms with Crippen LogP contribution >= 0.6 is 0 Å². The molecule has 0 unspecified atom stereocenters. The second-order valence-corrected chi connectivity index (χ2v) is 9.48. The van der Waals surface area contributed by atoms with E-state index in [1.54, 1.807) is 6.08 Å². The van der Waals surface area contributed by atoms with E-state index in [0.29, 0.717) is 0 Å². The van der Waals surface area contributed by atoms with Crippen molar-refractivity contribution in [3.05, 3.63) is 12.2 Å². The quantitative estimate of drug-likeness (QED) is 0.505.